The fraction of sp³-hybridized carbons (Fsp3) is 0.800. The van der Waals surface area contributed by atoms with Crippen molar-refractivity contribution in [1.82, 2.24) is 4.90 Å². The van der Waals surface area contributed by atoms with Crippen molar-refractivity contribution in [3.05, 3.63) is 0 Å². The fourth-order valence-electron chi connectivity index (χ4n) is 0.385. The minimum absolute atomic E-state index is 0.872. The maximum absolute atomic E-state index is 8.14. The van der Waals surface area contributed by atoms with Crippen LogP contribution in [-0.2, 0) is 0 Å². The van der Waals surface area contributed by atoms with Crippen molar-refractivity contribution in [3.63, 3.8) is 0 Å². The predicted octanol–water partition coefficient (Wildman–Crippen LogP) is 0.809. The van der Waals surface area contributed by atoms with E-state index in [0.717, 1.165) is 13.0 Å². The summed E-state index contributed by atoms with van der Waals surface area (Å²) in [5, 5.41) is 8.14. The van der Waals surface area contributed by atoms with Gasteiger partial charge >= 0.3 is 0 Å². The van der Waals surface area contributed by atoms with Crippen LogP contribution in [0.2, 0.25) is 0 Å². The van der Waals surface area contributed by atoms with Gasteiger partial charge in [0.1, 0.15) is 0 Å². The number of hydrogen-bond acceptors (Lipinski definition) is 2. The molecule has 0 unspecified atom stereocenters. The highest BCUT2D eigenvalue weighted by Gasteiger charge is 1.84. The molecule has 0 aliphatic carbocycles. The summed E-state index contributed by atoms with van der Waals surface area (Å²) in [5.41, 5.74) is 0. The zero-order chi connectivity index (χ0) is 5.70. The second kappa shape index (κ2) is 3.48. The summed E-state index contributed by atoms with van der Waals surface area (Å²) in [4.78, 5) is 1.61. The van der Waals surface area contributed by atoms with Crippen molar-refractivity contribution in [2.75, 3.05) is 13.6 Å². The van der Waals surface area contributed by atoms with E-state index in [2.05, 4.69) is 0 Å². The minimum atomic E-state index is 0.872. The second-order valence-electron chi connectivity index (χ2n) is 1.52. The van der Waals surface area contributed by atoms with E-state index < -0.39 is 0 Å². The van der Waals surface area contributed by atoms with Gasteiger partial charge in [0.2, 0.25) is 0 Å². The molecule has 0 atom stereocenters. The summed E-state index contributed by atoms with van der Waals surface area (Å²) in [7, 11) is 1.78. The molecule has 2 nitrogen and oxygen atoms in total. The molecule has 7 heavy (non-hydrogen) atoms. The topological polar surface area (TPSA) is 27.0 Å². The van der Waals surface area contributed by atoms with Gasteiger partial charge in [-0.25, -0.2) is 0 Å². The molecule has 0 saturated heterocycles. The van der Waals surface area contributed by atoms with E-state index >= 15 is 0 Å². The highest BCUT2D eigenvalue weighted by molar-refractivity contribution is 4.66. The average molecular weight is 98.1 g/mol. The minimum Gasteiger partial charge on any atom is -0.314 e. The van der Waals surface area contributed by atoms with Gasteiger partial charge in [-0.15, -0.1) is 0 Å². The molecule has 0 saturated carbocycles. The highest BCUT2D eigenvalue weighted by atomic mass is 15.1. The lowest BCUT2D eigenvalue weighted by atomic mass is 10.5. The number of nitrogens with zero attached hydrogens (tertiary/aromatic N) is 2. The summed E-state index contributed by atoms with van der Waals surface area (Å²) < 4.78 is 0. The van der Waals surface area contributed by atoms with Crippen molar-refractivity contribution < 1.29 is 0 Å². The first-order valence-electron chi connectivity index (χ1n) is 2.42. The summed E-state index contributed by atoms with van der Waals surface area (Å²) in [6.07, 6.45) is 3.04. The van der Waals surface area contributed by atoms with Crippen LogP contribution in [0.15, 0.2) is 0 Å². The molecule has 0 amide bonds. The molecule has 0 aromatic rings. The Labute approximate surface area is 44.4 Å². The number of rotatable bonds is 2. The average Bonchev–Trinajstić information content (AvgIpc) is 1.68. The molecule has 2 heteroatoms. The first-order valence-corrected chi connectivity index (χ1v) is 2.42. The molecule has 0 bridgehead atoms. The first-order chi connectivity index (χ1) is 3.31. The zero-order valence-corrected chi connectivity index (χ0v) is 4.81. The Morgan fingerprint density at radius 1 is 1.71 bits per heavy atom. The Balaban J connectivity index is 3.04. The lowest BCUT2D eigenvalue weighted by molar-refractivity contribution is 0.472. The van der Waals surface area contributed by atoms with Gasteiger partial charge in [0.15, 0.2) is 6.19 Å². The van der Waals surface area contributed by atoms with Crippen molar-refractivity contribution >= 4 is 0 Å². The van der Waals surface area contributed by atoms with Gasteiger partial charge in [-0.2, -0.15) is 5.26 Å². The Bertz CT molecular complexity index is 72.6. The summed E-state index contributed by atoms with van der Waals surface area (Å²) in [6, 6.07) is 0. The Kier molecular flexibility index (Phi) is 3.13. The fourth-order valence-corrected chi connectivity index (χ4v) is 0.385. The van der Waals surface area contributed by atoms with E-state index in [1.807, 2.05) is 13.1 Å². The van der Waals surface area contributed by atoms with Gasteiger partial charge in [0.25, 0.3) is 0 Å². The van der Waals surface area contributed by atoms with E-state index in [4.69, 9.17) is 5.26 Å². The Hall–Kier alpha value is -0.710. The summed E-state index contributed by atoms with van der Waals surface area (Å²) in [6.45, 7) is 2.92. The van der Waals surface area contributed by atoms with Gasteiger partial charge in [0.05, 0.1) is 0 Å². The van der Waals surface area contributed by atoms with Crippen molar-refractivity contribution in [1.29, 1.82) is 5.26 Å². The molecule has 0 rings (SSSR count). The van der Waals surface area contributed by atoms with Crippen molar-refractivity contribution in [2.45, 2.75) is 13.3 Å². The van der Waals surface area contributed by atoms with Gasteiger partial charge in [0, 0.05) is 13.6 Å². The Morgan fingerprint density at radius 2 is 2.29 bits per heavy atom. The third-order valence-electron chi connectivity index (χ3n) is 0.730. The van der Waals surface area contributed by atoms with Crippen molar-refractivity contribution in [3.8, 4) is 6.19 Å². The van der Waals surface area contributed by atoms with E-state index in [1.54, 1.807) is 11.9 Å². The molecule has 0 N–H and O–H groups in total. The molecule has 40 valence electrons. The number of hydrogen-bond donors (Lipinski definition) is 0. The van der Waals surface area contributed by atoms with Crippen LogP contribution in [0.3, 0.4) is 0 Å². The zero-order valence-electron chi connectivity index (χ0n) is 4.81. The smallest absolute Gasteiger partial charge is 0.179 e. The third-order valence-corrected chi connectivity index (χ3v) is 0.730. The molecular weight excluding hydrogens is 88.1 g/mol. The van der Waals surface area contributed by atoms with Gasteiger partial charge in [-0.05, 0) is 6.42 Å². The molecular formula is C5H10N2. The second-order valence-corrected chi connectivity index (χ2v) is 1.52. The van der Waals surface area contributed by atoms with Gasteiger partial charge in [-0.3, -0.25) is 0 Å². The van der Waals surface area contributed by atoms with E-state index in [1.165, 1.54) is 0 Å². The largest absolute Gasteiger partial charge is 0.314 e. The van der Waals surface area contributed by atoms with Crippen LogP contribution in [0, 0.1) is 11.5 Å². The SMILES string of the molecule is CCCN(C)C#N. The van der Waals surface area contributed by atoms with Crippen LogP contribution in [0.1, 0.15) is 13.3 Å². The van der Waals surface area contributed by atoms with Crippen molar-refractivity contribution in [2.24, 2.45) is 0 Å². The van der Waals surface area contributed by atoms with Gasteiger partial charge < -0.3 is 4.90 Å². The van der Waals surface area contributed by atoms with Crippen LogP contribution in [0.25, 0.3) is 0 Å². The van der Waals surface area contributed by atoms with Crippen LogP contribution in [-0.4, -0.2) is 18.5 Å². The Morgan fingerprint density at radius 3 is 2.43 bits per heavy atom. The maximum atomic E-state index is 8.14. The number of nitriles is 1. The van der Waals surface area contributed by atoms with Gasteiger partial charge in [-0.1, -0.05) is 6.92 Å². The molecule has 0 fully saturated rings. The molecule has 0 spiro atoms. The molecule has 0 aliphatic rings. The third kappa shape index (κ3) is 3.11. The lowest BCUT2D eigenvalue weighted by Gasteiger charge is -2.02. The lowest BCUT2D eigenvalue weighted by Crippen LogP contribution is -2.10. The van der Waals surface area contributed by atoms with Crippen LogP contribution in [0.5, 0.6) is 0 Å². The molecule has 0 heterocycles. The first kappa shape index (κ1) is 6.29. The molecule has 0 radical (unpaired) electrons. The van der Waals surface area contributed by atoms with E-state index in [9.17, 15) is 0 Å². The summed E-state index contributed by atoms with van der Waals surface area (Å²) >= 11 is 0. The highest BCUT2D eigenvalue weighted by Crippen LogP contribution is 1.79. The predicted molar refractivity (Wildman–Crippen MR) is 28.5 cm³/mol. The quantitative estimate of drug-likeness (QED) is 0.377. The maximum Gasteiger partial charge on any atom is 0.179 e. The summed E-state index contributed by atoms with van der Waals surface area (Å²) in [5.74, 6) is 0. The molecule has 0 aromatic heterocycles. The van der Waals surface area contributed by atoms with Crippen LogP contribution >= 0.6 is 0 Å². The van der Waals surface area contributed by atoms with Crippen LogP contribution in [0.4, 0.5) is 0 Å². The standard InChI is InChI=1S/C5H10N2/c1-3-4-7(2)5-6/h3-4H2,1-2H3. The van der Waals surface area contributed by atoms with E-state index in [0.29, 0.717) is 0 Å². The van der Waals surface area contributed by atoms with E-state index in [-0.39, 0.29) is 0 Å². The molecule has 0 aromatic carbocycles. The molecule has 0 aliphatic heterocycles. The van der Waals surface area contributed by atoms with Crippen LogP contribution < -0.4 is 0 Å². The monoisotopic (exact) mass is 98.1 g/mol. The normalized spacial score (nSPS) is 7.57.